The summed E-state index contributed by atoms with van der Waals surface area (Å²) in [5.74, 6) is 0. The van der Waals surface area contributed by atoms with Gasteiger partial charge in [0.05, 0.1) is 35.4 Å². The Kier molecular flexibility index (Phi) is 8.10. The highest BCUT2D eigenvalue weighted by atomic mass is 32.2. The van der Waals surface area contributed by atoms with E-state index in [1.165, 1.54) is 0 Å². The van der Waals surface area contributed by atoms with E-state index in [0.717, 1.165) is 36.1 Å². The highest BCUT2D eigenvalue weighted by Gasteiger charge is 2.34. The summed E-state index contributed by atoms with van der Waals surface area (Å²) in [6.45, 7) is 2.53. The fourth-order valence-electron chi connectivity index (χ4n) is 4.30. The van der Waals surface area contributed by atoms with Crippen LogP contribution in [0.5, 0.6) is 0 Å². The lowest BCUT2D eigenvalue weighted by Gasteiger charge is -2.36. The number of rotatable bonds is 10. The Labute approximate surface area is 201 Å². The van der Waals surface area contributed by atoms with Crippen LogP contribution in [0.15, 0.2) is 65.7 Å². The van der Waals surface area contributed by atoms with Crippen LogP contribution < -0.4 is 4.72 Å². The largest absolute Gasteiger partial charge is 0.394 e. The van der Waals surface area contributed by atoms with E-state index in [1.807, 2.05) is 41.2 Å². The summed E-state index contributed by atoms with van der Waals surface area (Å²) in [6, 6.07) is 16.1. The van der Waals surface area contributed by atoms with Crippen molar-refractivity contribution in [1.29, 1.82) is 0 Å². The van der Waals surface area contributed by atoms with Gasteiger partial charge < -0.3 is 9.84 Å². The Morgan fingerprint density at radius 2 is 1.82 bits per heavy atom. The Morgan fingerprint density at radius 3 is 2.53 bits per heavy atom. The van der Waals surface area contributed by atoms with Gasteiger partial charge in [-0.15, -0.1) is 5.10 Å². The average molecular weight is 485 g/mol. The van der Waals surface area contributed by atoms with Crippen molar-refractivity contribution in [1.82, 2.24) is 19.7 Å². The van der Waals surface area contributed by atoms with Crippen LogP contribution >= 0.6 is 0 Å². The molecule has 0 spiro atoms. The van der Waals surface area contributed by atoms with Crippen molar-refractivity contribution >= 4 is 10.0 Å². The van der Waals surface area contributed by atoms with E-state index in [9.17, 15) is 13.5 Å². The molecule has 1 fully saturated rings. The zero-order valence-electron chi connectivity index (χ0n) is 19.4. The summed E-state index contributed by atoms with van der Waals surface area (Å²) in [5, 5.41) is 18.2. The van der Waals surface area contributed by atoms with E-state index in [4.69, 9.17) is 4.74 Å². The number of ether oxygens (including phenoxy) is 1. The molecule has 0 radical (unpaired) electrons. The Bertz CT molecular complexity index is 1150. The predicted molar refractivity (Wildman–Crippen MR) is 130 cm³/mol. The monoisotopic (exact) mass is 484 g/mol. The number of nitrogens with zero attached hydrogens (tertiary/aromatic N) is 3. The summed E-state index contributed by atoms with van der Waals surface area (Å²) in [4.78, 5) is 0.195. The number of aromatic nitrogens is 3. The Balaban J connectivity index is 1.34. The molecule has 0 aliphatic carbocycles. The number of aliphatic hydroxyl groups is 1. The van der Waals surface area contributed by atoms with Gasteiger partial charge in [-0.2, -0.15) is 0 Å². The Morgan fingerprint density at radius 1 is 1.09 bits per heavy atom. The molecule has 9 heteroatoms. The van der Waals surface area contributed by atoms with Gasteiger partial charge in [0.2, 0.25) is 10.0 Å². The van der Waals surface area contributed by atoms with E-state index < -0.39 is 22.2 Å². The van der Waals surface area contributed by atoms with Crippen LogP contribution in [0.4, 0.5) is 0 Å². The molecule has 3 aromatic rings. The molecule has 8 nitrogen and oxygen atoms in total. The Hall–Kier alpha value is -2.59. The van der Waals surface area contributed by atoms with Crippen LogP contribution in [-0.4, -0.2) is 53.4 Å². The SMILES string of the molecule is CCCc1cn(CC[C@H]2CC[C@@H](NS(=O)(=O)c3ccc(-c4ccccc4)cc3)[C@@H](CO)O2)nn1. The highest BCUT2D eigenvalue weighted by molar-refractivity contribution is 7.89. The van der Waals surface area contributed by atoms with Crippen molar-refractivity contribution in [3.05, 3.63) is 66.5 Å². The number of benzene rings is 2. The lowest BCUT2D eigenvalue weighted by Crippen LogP contribution is -2.50. The summed E-state index contributed by atoms with van der Waals surface area (Å²) >= 11 is 0. The van der Waals surface area contributed by atoms with Crippen LogP contribution in [-0.2, 0) is 27.7 Å². The van der Waals surface area contributed by atoms with Crippen molar-refractivity contribution in [2.24, 2.45) is 0 Å². The van der Waals surface area contributed by atoms with Gasteiger partial charge in [-0.1, -0.05) is 61.0 Å². The normalized spacial score (nSPS) is 20.9. The van der Waals surface area contributed by atoms with Crippen molar-refractivity contribution < 1.29 is 18.3 Å². The maximum Gasteiger partial charge on any atom is 0.240 e. The minimum absolute atomic E-state index is 0.0677. The topological polar surface area (TPSA) is 106 Å². The molecular formula is C25H32N4O4S. The maximum absolute atomic E-state index is 13.0. The number of aryl methyl sites for hydroxylation is 2. The summed E-state index contributed by atoms with van der Waals surface area (Å²) < 4.78 is 36.6. The van der Waals surface area contributed by atoms with Crippen molar-refractivity contribution in [3.63, 3.8) is 0 Å². The van der Waals surface area contributed by atoms with Crippen LogP contribution in [0.1, 0.15) is 38.3 Å². The van der Waals surface area contributed by atoms with E-state index in [0.29, 0.717) is 19.4 Å². The van der Waals surface area contributed by atoms with E-state index >= 15 is 0 Å². The first-order chi connectivity index (χ1) is 16.5. The predicted octanol–water partition coefficient (Wildman–Crippen LogP) is 3.17. The second-order valence-corrected chi connectivity index (χ2v) is 10.4. The van der Waals surface area contributed by atoms with Crippen LogP contribution in [0.25, 0.3) is 11.1 Å². The number of hydrogen-bond acceptors (Lipinski definition) is 6. The molecular weight excluding hydrogens is 452 g/mol. The fraction of sp³-hybridized carbons (Fsp3) is 0.440. The molecule has 1 aliphatic heterocycles. The molecule has 1 aromatic heterocycles. The number of sulfonamides is 1. The molecule has 2 heterocycles. The molecule has 1 aliphatic rings. The molecule has 0 bridgehead atoms. The third-order valence-corrected chi connectivity index (χ3v) is 7.65. The van der Waals surface area contributed by atoms with Crippen LogP contribution in [0.3, 0.4) is 0 Å². The van der Waals surface area contributed by atoms with Crippen LogP contribution in [0, 0.1) is 0 Å². The first-order valence-electron chi connectivity index (χ1n) is 11.8. The average Bonchev–Trinajstić information content (AvgIpc) is 3.31. The third-order valence-electron chi connectivity index (χ3n) is 6.15. The minimum Gasteiger partial charge on any atom is -0.394 e. The third kappa shape index (κ3) is 6.09. The standard InChI is InChI=1S/C25H32N4O4S/c1-2-6-21-17-29(28-26-21)16-15-22-11-14-24(25(18-30)33-22)27-34(31,32)23-12-9-20(10-13-23)19-7-4-3-5-8-19/h3-5,7-10,12-13,17,22,24-25,27,30H,2,6,11,14-16,18H2,1H3/t22-,24-,25-/m1/s1. The smallest absolute Gasteiger partial charge is 0.240 e. The molecule has 0 amide bonds. The summed E-state index contributed by atoms with van der Waals surface area (Å²) in [6.07, 6.45) is 5.25. The maximum atomic E-state index is 13.0. The molecule has 1 saturated heterocycles. The second-order valence-electron chi connectivity index (χ2n) is 8.69. The summed E-state index contributed by atoms with van der Waals surface area (Å²) in [7, 11) is -3.74. The summed E-state index contributed by atoms with van der Waals surface area (Å²) in [5.41, 5.74) is 2.95. The molecule has 0 unspecified atom stereocenters. The van der Waals surface area contributed by atoms with E-state index in [1.54, 1.807) is 24.3 Å². The van der Waals surface area contributed by atoms with Crippen LogP contribution in [0.2, 0.25) is 0 Å². The second kappa shape index (κ2) is 11.2. The number of aliphatic hydroxyl groups excluding tert-OH is 1. The molecule has 3 atom stereocenters. The quantitative estimate of drug-likeness (QED) is 0.458. The van der Waals surface area contributed by atoms with E-state index in [2.05, 4.69) is 22.0 Å². The van der Waals surface area contributed by atoms with Gasteiger partial charge in [0, 0.05) is 12.7 Å². The van der Waals surface area contributed by atoms with Gasteiger partial charge in [-0.05, 0) is 48.9 Å². The molecule has 4 rings (SSSR count). The molecule has 0 saturated carbocycles. The highest BCUT2D eigenvalue weighted by Crippen LogP contribution is 2.25. The zero-order valence-corrected chi connectivity index (χ0v) is 20.2. The van der Waals surface area contributed by atoms with Gasteiger partial charge in [-0.3, -0.25) is 4.68 Å². The van der Waals surface area contributed by atoms with Crippen molar-refractivity contribution in [3.8, 4) is 11.1 Å². The van der Waals surface area contributed by atoms with Gasteiger partial charge in [-0.25, -0.2) is 13.1 Å². The first kappa shape index (κ1) is 24.5. The first-order valence-corrected chi connectivity index (χ1v) is 13.3. The molecule has 2 aromatic carbocycles. The fourth-order valence-corrected chi connectivity index (χ4v) is 5.60. The van der Waals surface area contributed by atoms with Gasteiger partial charge in [0.1, 0.15) is 0 Å². The number of hydrogen-bond donors (Lipinski definition) is 2. The van der Waals surface area contributed by atoms with Gasteiger partial charge in [0.25, 0.3) is 0 Å². The zero-order chi connectivity index (χ0) is 24.0. The van der Waals surface area contributed by atoms with Crippen molar-refractivity contribution in [2.75, 3.05) is 6.61 Å². The van der Waals surface area contributed by atoms with Crippen molar-refractivity contribution in [2.45, 2.75) is 68.7 Å². The van der Waals surface area contributed by atoms with E-state index in [-0.39, 0.29) is 17.6 Å². The lowest BCUT2D eigenvalue weighted by molar-refractivity contribution is -0.0891. The number of nitrogens with one attached hydrogen (secondary N) is 1. The lowest BCUT2D eigenvalue weighted by atomic mass is 9.98. The molecule has 182 valence electrons. The van der Waals surface area contributed by atoms with Gasteiger partial charge >= 0.3 is 0 Å². The minimum atomic E-state index is -3.74. The molecule has 2 N–H and O–H groups in total. The molecule has 34 heavy (non-hydrogen) atoms. The van der Waals surface area contributed by atoms with Gasteiger partial charge in [0.15, 0.2) is 0 Å².